The first-order chi connectivity index (χ1) is 7.10. The monoisotopic (exact) mass is 207 g/mol. The molecule has 0 aliphatic rings. The van der Waals surface area contributed by atoms with Gasteiger partial charge in [-0.2, -0.15) is 0 Å². The maximum absolute atomic E-state index is 11.4. The molecule has 3 heteroatoms. The number of carbonyl (C=O) groups is 1. The molecule has 1 aromatic carbocycles. The maximum atomic E-state index is 11.4. The molecule has 0 saturated heterocycles. The average Bonchev–Trinajstić information content (AvgIpc) is 2.18. The second-order valence-electron chi connectivity index (χ2n) is 3.44. The number of amides is 1. The maximum Gasteiger partial charge on any atom is 0.223 e. The van der Waals surface area contributed by atoms with E-state index in [-0.39, 0.29) is 5.91 Å². The van der Waals surface area contributed by atoms with Gasteiger partial charge >= 0.3 is 0 Å². The van der Waals surface area contributed by atoms with Crippen LogP contribution in [0.2, 0.25) is 0 Å². The van der Waals surface area contributed by atoms with Crippen molar-refractivity contribution in [2.45, 2.75) is 20.8 Å². The zero-order chi connectivity index (χ0) is 11.4. The van der Waals surface area contributed by atoms with E-state index < -0.39 is 0 Å². The zero-order valence-electron chi connectivity index (χ0n) is 9.70. The highest BCUT2D eigenvalue weighted by molar-refractivity contribution is 5.93. The minimum Gasteiger partial charge on any atom is -0.495 e. The van der Waals surface area contributed by atoms with Gasteiger partial charge in [-0.1, -0.05) is 6.07 Å². The second kappa shape index (κ2) is 4.82. The minimum atomic E-state index is 0.0291. The Morgan fingerprint density at radius 2 is 2.13 bits per heavy atom. The van der Waals surface area contributed by atoms with Crippen molar-refractivity contribution in [2.24, 2.45) is 0 Å². The van der Waals surface area contributed by atoms with E-state index in [2.05, 4.69) is 0 Å². The Balaban J connectivity index is 3.19. The molecule has 0 aliphatic carbocycles. The topological polar surface area (TPSA) is 29.5 Å². The number of nitrogens with zero attached hydrogens (tertiary/aromatic N) is 1. The fourth-order valence-corrected chi connectivity index (χ4v) is 1.57. The van der Waals surface area contributed by atoms with Gasteiger partial charge in [0.05, 0.1) is 12.8 Å². The number of carbonyl (C=O) groups excluding carboxylic acids is 1. The molecule has 1 aromatic rings. The van der Waals surface area contributed by atoms with Crippen molar-refractivity contribution >= 4 is 11.6 Å². The third-order valence-corrected chi connectivity index (χ3v) is 2.32. The van der Waals surface area contributed by atoms with Crippen LogP contribution in [0.5, 0.6) is 5.75 Å². The van der Waals surface area contributed by atoms with Gasteiger partial charge in [0.1, 0.15) is 5.75 Å². The summed E-state index contributed by atoms with van der Waals surface area (Å²) in [6.07, 6.45) is 0. The Morgan fingerprint density at radius 3 is 2.60 bits per heavy atom. The number of benzene rings is 1. The highest BCUT2D eigenvalue weighted by Crippen LogP contribution is 2.29. The fraction of sp³-hybridized carbons (Fsp3) is 0.417. The van der Waals surface area contributed by atoms with Crippen molar-refractivity contribution in [3.63, 3.8) is 0 Å². The number of hydrogen-bond acceptors (Lipinski definition) is 2. The van der Waals surface area contributed by atoms with Crippen LogP contribution in [0, 0.1) is 6.92 Å². The van der Waals surface area contributed by atoms with Crippen LogP contribution in [0.25, 0.3) is 0 Å². The smallest absolute Gasteiger partial charge is 0.223 e. The van der Waals surface area contributed by atoms with Crippen molar-refractivity contribution < 1.29 is 9.53 Å². The van der Waals surface area contributed by atoms with Gasteiger partial charge in [0.15, 0.2) is 0 Å². The number of methoxy groups -OCH3 is 1. The van der Waals surface area contributed by atoms with Crippen LogP contribution in [-0.2, 0) is 4.79 Å². The van der Waals surface area contributed by atoms with Gasteiger partial charge in [0.2, 0.25) is 5.91 Å². The molecule has 0 saturated carbocycles. The van der Waals surface area contributed by atoms with Crippen molar-refractivity contribution in [1.29, 1.82) is 0 Å². The van der Waals surface area contributed by atoms with Crippen LogP contribution in [0.15, 0.2) is 18.2 Å². The minimum absolute atomic E-state index is 0.0291. The van der Waals surface area contributed by atoms with E-state index in [1.165, 1.54) is 0 Å². The van der Waals surface area contributed by atoms with E-state index in [1.54, 1.807) is 18.9 Å². The third-order valence-electron chi connectivity index (χ3n) is 2.32. The highest BCUT2D eigenvalue weighted by atomic mass is 16.5. The summed E-state index contributed by atoms with van der Waals surface area (Å²) in [6, 6.07) is 5.82. The predicted molar refractivity (Wildman–Crippen MR) is 61.4 cm³/mol. The summed E-state index contributed by atoms with van der Waals surface area (Å²) in [7, 11) is 1.61. The van der Waals surface area contributed by atoms with Gasteiger partial charge in [0.25, 0.3) is 0 Å². The SMILES string of the molecule is CCN(C(C)=O)c1cc(C)ccc1OC. The Morgan fingerprint density at radius 1 is 1.47 bits per heavy atom. The molecule has 0 bridgehead atoms. The molecule has 0 aliphatic heterocycles. The largest absolute Gasteiger partial charge is 0.495 e. The average molecular weight is 207 g/mol. The van der Waals surface area contributed by atoms with Crippen LogP contribution in [0.1, 0.15) is 19.4 Å². The standard InChI is InChI=1S/C12H17NO2/c1-5-13(10(3)14)11-8-9(2)6-7-12(11)15-4/h6-8H,5H2,1-4H3. The Labute approximate surface area is 90.7 Å². The first-order valence-electron chi connectivity index (χ1n) is 5.03. The van der Waals surface area contributed by atoms with Gasteiger partial charge in [-0.15, -0.1) is 0 Å². The van der Waals surface area contributed by atoms with Gasteiger partial charge < -0.3 is 9.64 Å². The van der Waals surface area contributed by atoms with Crippen LogP contribution in [0.3, 0.4) is 0 Å². The lowest BCUT2D eigenvalue weighted by atomic mass is 10.2. The van der Waals surface area contributed by atoms with E-state index in [9.17, 15) is 4.79 Å². The molecule has 0 unspecified atom stereocenters. The molecule has 0 aromatic heterocycles. The molecular weight excluding hydrogens is 190 g/mol. The normalized spacial score (nSPS) is 9.87. The molecule has 3 nitrogen and oxygen atoms in total. The Hall–Kier alpha value is -1.51. The van der Waals surface area contributed by atoms with Crippen LogP contribution >= 0.6 is 0 Å². The summed E-state index contributed by atoms with van der Waals surface area (Å²) in [5.74, 6) is 0.763. The zero-order valence-corrected chi connectivity index (χ0v) is 9.70. The molecule has 0 spiro atoms. The quantitative estimate of drug-likeness (QED) is 0.761. The molecule has 0 fully saturated rings. The molecule has 1 amide bonds. The van der Waals surface area contributed by atoms with E-state index in [4.69, 9.17) is 4.74 Å². The lowest BCUT2D eigenvalue weighted by molar-refractivity contribution is -0.116. The van der Waals surface area contributed by atoms with E-state index in [1.807, 2.05) is 32.0 Å². The summed E-state index contributed by atoms with van der Waals surface area (Å²) in [4.78, 5) is 13.1. The molecule has 82 valence electrons. The predicted octanol–water partition coefficient (Wildman–Crippen LogP) is 2.38. The van der Waals surface area contributed by atoms with Crippen molar-refractivity contribution in [3.8, 4) is 5.75 Å². The first-order valence-corrected chi connectivity index (χ1v) is 5.03. The molecular formula is C12H17NO2. The van der Waals surface area contributed by atoms with Gasteiger partial charge in [0, 0.05) is 13.5 Å². The summed E-state index contributed by atoms with van der Waals surface area (Å²) in [6.45, 7) is 6.15. The Bertz CT molecular complexity index is 361. The van der Waals surface area contributed by atoms with E-state index in [0.29, 0.717) is 6.54 Å². The molecule has 0 heterocycles. The summed E-state index contributed by atoms with van der Waals surface area (Å²) < 4.78 is 5.24. The number of aryl methyl sites for hydroxylation is 1. The molecule has 1 rings (SSSR count). The van der Waals surface area contributed by atoms with E-state index in [0.717, 1.165) is 17.0 Å². The number of ether oxygens (including phenoxy) is 1. The van der Waals surface area contributed by atoms with Gasteiger partial charge in [-0.05, 0) is 31.5 Å². The molecule has 0 radical (unpaired) electrons. The third kappa shape index (κ3) is 2.49. The van der Waals surface area contributed by atoms with Crippen LogP contribution in [-0.4, -0.2) is 19.6 Å². The fourth-order valence-electron chi connectivity index (χ4n) is 1.57. The van der Waals surface area contributed by atoms with Crippen molar-refractivity contribution in [1.82, 2.24) is 0 Å². The summed E-state index contributed by atoms with van der Waals surface area (Å²) in [5, 5.41) is 0. The van der Waals surface area contributed by atoms with Crippen LogP contribution < -0.4 is 9.64 Å². The molecule has 0 N–H and O–H groups in total. The van der Waals surface area contributed by atoms with Gasteiger partial charge in [-0.3, -0.25) is 4.79 Å². The number of rotatable bonds is 3. The number of anilines is 1. The van der Waals surface area contributed by atoms with Gasteiger partial charge in [-0.25, -0.2) is 0 Å². The highest BCUT2D eigenvalue weighted by Gasteiger charge is 2.13. The molecule has 0 atom stereocenters. The van der Waals surface area contributed by atoms with Crippen molar-refractivity contribution in [3.05, 3.63) is 23.8 Å². The van der Waals surface area contributed by atoms with Crippen LogP contribution in [0.4, 0.5) is 5.69 Å². The summed E-state index contributed by atoms with van der Waals surface area (Å²) >= 11 is 0. The first kappa shape index (κ1) is 11.6. The number of hydrogen-bond donors (Lipinski definition) is 0. The Kier molecular flexibility index (Phi) is 3.72. The van der Waals surface area contributed by atoms with Crippen molar-refractivity contribution in [2.75, 3.05) is 18.6 Å². The summed E-state index contributed by atoms with van der Waals surface area (Å²) in [5.41, 5.74) is 1.96. The molecule has 15 heavy (non-hydrogen) atoms. The lowest BCUT2D eigenvalue weighted by Crippen LogP contribution is -2.28. The lowest BCUT2D eigenvalue weighted by Gasteiger charge is -2.21. The second-order valence-corrected chi connectivity index (χ2v) is 3.44. The van der Waals surface area contributed by atoms with E-state index >= 15 is 0 Å².